The number of alkyl carbamates (subject to hydrolysis) is 3. The number of halogens is 3. The summed E-state index contributed by atoms with van der Waals surface area (Å²) in [6.45, 7) is 19.1. The average molecular weight is 1340 g/mol. The van der Waals surface area contributed by atoms with Crippen LogP contribution in [-0.2, 0) is 42.8 Å². The molecule has 24 heteroatoms. The van der Waals surface area contributed by atoms with Gasteiger partial charge in [0.25, 0.3) is 0 Å². The van der Waals surface area contributed by atoms with E-state index in [1.807, 2.05) is 111 Å². The van der Waals surface area contributed by atoms with Crippen molar-refractivity contribution in [1.82, 2.24) is 16.0 Å². The smallest absolute Gasteiger partial charge is 0.407 e. The molecule has 18 nitrogen and oxygen atoms in total. The number of hydrogen-bond acceptors (Lipinski definition) is 18. The monoisotopic (exact) mass is 1340 g/mol. The first-order valence-corrected chi connectivity index (χ1v) is 32.4. The molecule has 5 rings (SSSR count). The Labute approximate surface area is 547 Å². The maximum absolute atomic E-state index is 13.0. The number of carbonyl (C=O) groups is 6. The van der Waals surface area contributed by atoms with Crippen LogP contribution in [0.5, 0.6) is 17.2 Å². The van der Waals surface area contributed by atoms with E-state index in [4.69, 9.17) is 77.4 Å². The number of thioether (sulfide) groups is 3. The van der Waals surface area contributed by atoms with Gasteiger partial charge in [0.05, 0.1) is 19.6 Å². The predicted molar refractivity (Wildman–Crippen MR) is 350 cm³/mol. The van der Waals surface area contributed by atoms with E-state index >= 15 is 0 Å². The summed E-state index contributed by atoms with van der Waals surface area (Å²) in [6.07, 6.45) is -4.24. The Morgan fingerprint density at radius 1 is 0.449 bits per heavy atom. The van der Waals surface area contributed by atoms with Crippen molar-refractivity contribution in [2.24, 2.45) is 0 Å². The highest BCUT2D eigenvalue weighted by Gasteiger charge is 2.24. The van der Waals surface area contributed by atoms with Gasteiger partial charge in [0.15, 0.2) is 0 Å². The maximum Gasteiger partial charge on any atom is 0.407 e. The van der Waals surface area contributed by atoms with E-state index in [0.29, 0.717) is 44.6 Å². The van der Waals surface area contributed by atoms with Crippen LogP contribution in [0.1, 0.15) is 57.2 Å². The van der Waals surface area contributed by atoms with Gasteiger partial charge in [0.2, 0.25) is 0 Å². The van der Waals surface area contributed by atoms with Gasteiger partial charge in [-0.2, -0.15) is 11.8 Å². The third kappa shape index (κ3) is 28.1. The van der Waals surface area contributed by atoms with Crippen LogP contribution in [-0.4, -0.2) is 142 Å². The topological polar surface area (TPSA) is 222 Å². The third-order valence-electron chi connectivity index (χ3n) is 12.3. The van der Waals surface area contributed by atoms with Crippen LogP contribution >= 0.6 is 70.1 Å². The molecule has 0 aromatic heterocycles. The van der Waals surface area contributed by atoms with Crippen molar-refractivity contribution >= 4 is 106 Å². The number of rotatable bonds is 37. The molecule has 0 saturated heterocycles. The Kier molecular flexibility index (Phi) is 31.9. The van der Waals surface area contributed by atoms with Gasteiger partial charge in [-0.25, -0.2) is 28.8 Å². The van der Waals surface area contributed by atoms with E-state index in [-0.39, 0.29) is 92.5 Å². The summed E-state index contributed by atoms with van der Waals surface area (Å²) in [5.74, 6) is 0.544. The Bertz CT molecular complexity index is 2960. The first-order chi connectivity index (χ1) is 42.6. The highest BCUT2D eigenvalue weighted by molar-refractivity contribution is 8.00. The third-order valence-corrected chi connectivity index (χ3v) is 17.1. The summed E-state index contributed by atoms with van der Waals surface area (Å²) in [4.78, 5) is 76.1. The Balaban J connectivity index is 1.36. The molecular formula is C65H74Cl3N3O15S3. The number of nitrogens with one attached hydrogen (secondary N) is 3. The van der Waals surface area contributed by atoms with Crippen LogP contribution < -0.4 is 30.2 Å². The zero-order chi connectivity index (χ0) is 64.7. The molecule has 3 N–H and O–H groups in total. The zero-order valence-corrected chi connectivity index (χ0v) is 54.8. The number of benzene rings is 5. The maximum atomic E-state index is 13.0. The van der Waals surface area contributed by atoms with Crippen molar-refractivity contribution in [3.05, 3.63) is 185 Å². The number of amides is 3. The molecule has 89 heavy (non-hydrogen) atoms. The molecular weight excluding hydrogens is 1270 g/mol. The second kappa shape index (κ2) is 39.1. The van der Waals surface area contributed by atoms with Crippen molar-refractivity contribution in [2.75, 3.05) is 76.5 Å². The number of alkyl halides is 1. The lowest BCUT2D eigenvalue weighted by Crippen LogP contribution is -2.35. The van der Waals surface area contributed by atoms with Crippen LogP contribution in [0.4, 0.5) is 14.4 Å². The summed E-state index contributed by atoms with van der Waals surface area (Å²) in [6, 6.07) is 37.2. The minimum atomic E-state index is -0.715. The number of carbonyl (C=O) groups excluding carboxylic acids is 6. The molecule has 0 aliphatic carbocycles. The van der Waals surface area contributed by atoms with Crippen LogP contribution in [0.25, 0.3) is 0 Å². The van der Waals surface area contributed by atoms with E-state index in [1.54, 1.807) is 24.3 Å². The quantitative estimate of drug-likeness (QED) is 0.00640. The molecule has 0 aliphatic rings. The summed E-state index contributed by atoms with van der Waals surface area (Å²) < 4.78 is 51.4. The highest BCUT2D eigenvalue weighted by atomic mass is 35.5. The van der Waals surface area contributed by atoms with E-state index in [2.05, 4.69) is 35.7 Å². The van der Waals surface area contributed by atoms with Crippen molar-refractivity contribution in [3.8, 4) is 17.2 Å². The van der Waals surface area contributed by atoms with Crippen LogP contribution in [0.2, 0.25) is 10.0 Å². The number of ether oxygens (including phenoxy) is 9. The predicted octanol–water partition coefficient (Wildman–Crippen LogP) is 13.3. The van der Waals surface area contributed by atoms with Gasteiger partial charge in [0.1, 0.15) is 75.2 Å². The molecule has 5 aromatic carbocycles. The minimum Gasteiger partial charge on any atom is -0.490 e. The largest absolute Gasteiger partial charge is 0.490 e. The average Bonchev–Trinajstić information content (AvgIpc) is 2.44. The van der Waals surface area contributed by atoms with E-state index in [9.17, 15) is 28.8 Å². The van der Waals surface area contributed by atoms with Crippen molar-refractivity contribution < 1.29 is 71.4 Å². The first kappa shape index (κ1) is 72.6. The first-order valence-electron chi connectivity index (χ1n) is 28.1. The zero-order valence-electron chi connectivity index (χ0n) is 50.1. The molecule has 0 heterocycles. The van der Waals surface area contributed by atoms with Gasteiger partial charge in [-0.05, 0) is 129 Å². The summed E-state index contributed by atoms with van der Waals surface area (Å²) >= 11 is 23.1. The fourth-order valence-electron chi connectivity index (χ4n) is 7.43. The normalized spacial score (nSPS) is 12.9. The lowest BCUT2D eigenvalue weighted by Gasteiger charge is -2.22. The second-order valence-electron chi connectivity index (χ2n) is 19.9. The molecule has 5 atom stereocenters. The molecule has 0 spiro atoms. The molecule has 478 valence electrons. The van der Waals surface area contributed by atoms with Gasteiger partial charge in [-0.15, -0.1) is 35.1 Å². The van der Waals surface area contributed by atoms with Crippen LogP contribution in [0.3, 0.4) is 0 Å². The van der Waals surface area contributed by atoms with E-state index in [0.717, 1.165) is 26.5 Å². The lowest BCUT2D eigenvalue weighted by molar-refractivity contribution is -0.139. The highest BCUT2D eigenvalue weighted by Crippen LogP contribution is 2.35. The van der Waals surface area contributed by atoms with E-state index in [1.165, 1.54) is 56.1 Å². The standard InChI is InChI=1S/C65H74Cl3N3O15S3/c1-41(2)60(72)78-32-29-69-63(75)84-54(38-87-45(8)44(7)66)35-81-51-19-9-46(10-20-51)59(47-11-21-52(22-12-47)82-36-55(39-88-57-25-15-49(67)16-26-57)85-64(76)70-30-33-79-61(73)42(3)4)48-13-23-53(24-14-48)83-37-56(40-89-58-27-17-50(68)18-28-58)86-65(77)71-31-34-80-62(74)43(5)6/h9-28,44-45,54-56,59H,1,3,5,29-40H2,2,4,6-8H3,(H,69,75)(H,70,76)(H,71,77)/t44?,45-,54?,55?,56?,59?/m0/s1. The summed E-state index contributed by atoms with van der Waals surface area (Å²) in [7, 11) is 0. The van der Waals surface area contributed by atoms with Gasteiger partial charge in [-0.3, -0.25) is 0 Å². The fourth-order valence-corrected chi connectivity index (χ4v) is 10.6. The number of hydrogen-bond donors (Lipinski definition) is 3. The molecule has 3 amide bonds. The summed E-state index contributed by atoms with van der Waals surface area (Å²) in [5.41, 5.74) is 3.39. The number of esters is 3. The molecule has 0 bridgehead atoms. The molecule has 4 unspecified atom stereocenters. The van der Waals surface area contributed by atoms with Crippen molar-refractivity contribution in [1.29, 1.82) is 0 Å². The van der Waals surface area contributed by atoms with Crippen LogP contribution in [0, 0.1) is 0 Å². The summed E-state index contributed by atoms with van der Waals surface area (Å²) in [5, 5.41) is 8.91. The van der Waals surface area contributed by atoms with E-state index < -0.39 is 54.5 Å². The molecule has 0 fully saturated rings. The van der Waals surface area contributed by atoms with Crippen molar-refractivity contribution in [2.45, 2.75) is 79.3 Å². The van der Waals surface area contributed by atoms with Gasteiger partial charge in [0, 0.05) is 70.4 Å². The van der Waals surface area contributed by atoms with Crippen LogP contribution in [0.15, 0.2) is 168 Å². The fraction of sp³-hybridized carbons (Fsp3) is 0.354. The molecule has 5 aromatic rings. The Morgan fingerprint density at radius 3 is 1.02 bits per heavy atom. The second-order valence-corrected chi connectivity index (χ2v) is 25.1. The molecule has 0 radical (unpaired) electrons. The van der Waals surface area contributed by atoms with Gasteiger partial charge < -0.3 is 58.6 Å². The Morgan fingerprint density at radius 2 is 0.742 bits per heavy atom. The molecule has 0 aliphatic heterocycles. The van der Waals surface area contributed by atoms with Crippen molar-refractivity contribution in [3.63, 3.8) is 0 Å². The minimum absolute atomic E-state index is 0.000779. The lowest BCUT2D eigenvalue weighted by atomic mass is 9.85. The SMILES string of the molecule is C=C(C)C(=O)OCCNC(=O)OC(COc1ccc(C(c2ccc(OCC(CSc3ccc(Cl)cc3)OC(=O)NCCOC(=O)C(=C)C)cc2)c2ccc(OCC(CS[C@@H](C)C(C)Cl)OC(=O)NCCOC(=O)C(=C)C)cc2)cc1)CSc1ccc(Cl)cc1. The van der Waals surface area contributed by atoms with Gasteiger partial charge >= 0.3 is 36.2 Å². The van der Waals surface area contributed by atoms with Gasteiger partial charge in [-0.1, -0.05) is 86.3 Å². The Hall–Kier alpha value is -7.14. The molecule has 0 saturated carbocycles.